The summed E-state index contributed by atoms with van der Waals surface area (Å²) in [6.45, 7) is 9.46. The Hall–Kier alpha value is -2.93. The number of hydrogen-bond acceptors (Lipinski definition) is 3. The van der Waals surface area contributed by atoms with Gasteiger partial charge >= 0.3 is 0 Å². The zero-order valence-electron chi connectivity index (χ0n) is 15.0. The molecule has 0 radical (unpaired) electrons. The SMILES string of the molecule is C=CCN(CC=C)C(=O)c1cccc(NS(=O)(=O)c2ccc(C)c(F)c2)c1. The van der Waals surface area contributed by atoms with Crippen LogP contribution in [0.5, 0.6) is 0 Å². The number of halogens is 1. The number of carbonyl (C=O) groups is 1. The van der Waals surface area contributed by atoms with E-state index in [2.05, 4.69) is 17.9 Å². The second kappa shape index (κ2) is 8.64. The monoisotopic (exact) mass is 388 g/mol. The Morgan fingerprint density at radius 2 is 1.81 bits per heavy atom. The molecule has 0 bridgehead atoms. The first-order chi connectivity index (χ1) is 12.8. The molecule has 0 unspecified atom stereocenters. The molecule has 2 aromatic carbocycles. The Labute approximate surface area is 158 Å². The number of hydrogen-bond donors (Lipinski definition) is 1. The van der Waals surface area contributed by atoms with Crippen molar-refractivity contribution >= 4 is 21.6 Å². The molecule has 2 aromatic rings. The predicted octanol–water partition coefficient (Wildman–Crippen LogP) is 3.75. The van der Waals surface area contributed by atoms with Gasteiger partial charge in [0.05, 0.1) is 4.90 Å². The van der Waals surface area contributed by atoms with E-state index in [0.717, 1.165) is 6.07 Å². The van der Waals surface area contributed by atoms with Crippen molar-refractivity contribution < 1.29 is 17.6 Å². The highest BCUT2D eigenvalue weighted by molar-refractivity contribution is 7.92. The smallest absolute Gasteiger partial charge is 0.261 e. The van der Waals surface area contributed by atoms with Gasteiger partial charge in [-0.2, -0.15) is 0 Å². The van der Waals surface area contributed by atoms with Gasteiger partial charge in [-0.3, -0.25) is 9.52 Å². The van der Waals surface area contributed by atoms with Crippen LogP contribution < -0.4 is 4.72 Å². The molecule has 2 rings (SSSR count). The van der Waals surface area contributed by atoms with Gasteiger partial charge in [-0.15, -0.1) is 13.2 Å². The normalized spacial score (nSPS) is 10.9. The fourth-order valence-corrected chi connectivity index (χ4v) is 3.47. The quantitative estimate of drug-likeness (QED) is 0.701. The van der Waals surface area contributed by atoms with E-state index in [1.807, 2.05) is 0 Å². The summed E-state index contributed by atoms with van der Waals surface area (Å²) in [6.07, 6.45) is 3.19. The van der Waals surface area contributed by atoms with Gasteiger partial charge in [-0.05, 0) is 42.8 Å². The molecule has 0 aliphatic carbocycles. The molecule has 0 aliphatic heterocycles. The fraction of sp³-hybridized carbons (Fsp3) is 0.150. The van der Waals surface area contributed by atoms with Gasteiger partial charge in [0.25, 0.3) is 15.9 Å². The lowest BCUT2D eigenvalue weighted by molar-refractivity contribution is 0.0791. The van der Waals surface area contributed by atoms with Crippen molar-refractivity contribution in [1.29, 1.82) is 0 Å². The molecular weight excluding hydrogens is 367 g/mol. The number of amides is 1. The van der Waals surface area contributed by atoms with Crippen molar-refractivity contribution in [3.63, 3.8) is 0 Å². The summed E-state index contributed by atoms with van der Waals surface area (Å²) in [7, 11) is -3.98. The summed E-state index contributed by atoms with van der Waals surface area (Å²) in [6, 6.07) is 9.79. The lowest BCUT2D eigenvalue weighted by Gasteiger charge is -2.19. The molecule has 1 amide bonds. The number of anilines is 1. The highest BCUT2D eigenvalue weighted by Gasteiger charge is 2.18. The molecular formula is C20H21FN2O3S. The Balaban J connectivity index is 2.28. The molecule has 0 saturated carbocycles. The molecule has 0 heterocycles. The van der Waals surface area contributed by atoms with E-state index in [-0.39, 0.29) is 16.5 Å². The zero-order valence-corrected chi connectivity index (χ0v) is 15.8. The molecule has 0 fully saturated rings. The van der Waals surface area contributed by atoms with E-state index < -0.39 is 15.8 Å². The van der Waals surface area contributed by atoms with Crippen molar-refractivity contribution in [2.24, 2.45) is 0 Å². The average molecular weight is 388 g/mol. The van der Waals surface area contributed by atoms with Crippen LogP contribution in [-0.2, 0) is 10.0 Å². The van der Waals surface area contributed by atoms with Crippen LogP contribution in [0.2, 0.25) is 0 Å². The molecule has 7 heteroatoms. The van der Waals surface area contributed by atoms with Gasteiger partial charge in [-0.1, -0.05) is 24.3 Å². The van der Waals surface area contributed by atoms with E-state index in [0.29, 0.717) is 24.2 Å². The first-order valence-electron chi connectivity index (χ1n) is 8.18. The van der Waals surface area contributed by atoms with E-state index in [1.165, 1.54) is 29.2 Å². The van der Waals surface area contributed by atoms with Gasteiger partial charge in [0.1, 0.15) is 5.82 Å². The van der Waals surface area contributed by atoms with Gasteiger partial charge in [-0.25, -0.2) is 12.8 Å². The second-order valence-electron chi connectivity index (χ2n) is 5.88. The summed E-state index contributed by atoms with van der Waals surface area (Å²) in [5, 5.41) is 0. The average Bonchev–Trinajstić information content (AvgIpc) is 2.63. The van der Waals surface area contributed by atoms with Crippen LogP contribution in [0, 0.1) is 12.7 Å². The minimum atomic E-state index is -3.98. The van der Waals surface area contributed by atoms with Crippen LogP contribution in [0.25, 0.3) is 0 Å². The molecule has 0 atom stereocenters. The van der Waals surface area contributed by atoms with E-state index >= 15 is 0 Å². The summed E-state index contributed by atoms with van der Waals surface area (Å²) in [5.41, 5.74) is 0.874. The molecule has 0 aromatic heterocycles. The number of nitrogens with zero attached hydrogens (tertiary/aromatic N) is 1. The second-order valence-corrected chi connectivity index (χ2v) is 7.57. The molecule has 0 aliphatic rings. The third-order valence-corrected chi connectivity index (χ3v) is 5.18. The number of aryl methyl sites for hydroxylation is 1. The number of rotatable bonds is 8. The van der Waals surface area contributed by atoms with E-state index in [1.54, 1.807) is 31.2 Å². The molecule has 5 nitrogen and oxygen atoms in total. The maximum atomic E-state index is 13.7. The Kier molecular flexibility index (Phi) is 6.52. The van der Waals surface area contributed by atoms with E-state index in [4.69, 9.17) is 0 Å². The van der Waals surface area contributed by atoms with Crippen LogP contribution in [0.3, 0.4) is 0 Å². The third-order valence-electron chi connectivity index (χ3n) is 3.80. The summed E-state index contributed by atoms with van der Waals surface area (Å²) < 4.78 is 41.0. The van der Waals surface area contributed by atoms with E-state index in [9.17, 15) is 17.6 Å². The van der Waals surface area contributed by atoms with Crippen LogP contribution in [0.4, 0.5) is 10.1 Å². The Morgan fingerprint density at radius 1 is 1.15 bits per heavy atom. The Bertz CT molecular complexity index is 961. The summed E-state index contributed by atoms with van der Waals surface area (Å²) in [5.74, 6) is -0.886. The van der Waals surface area contributed by atoms with Crippen molar-refractivity contribution in [2.75, 3.05) is 17.8 Å². The lowest BCUT2D eigenvalue weighted by atomic mass is 10.1. The van der Waals surface area contributed by atoms with Crippen LogP contribution in [0.1, 0.15) is 15.9 Å². The minimum absolute atomic E-state index is 0.192. The topological polar surface area (TPSA) is 66.5 Å². The minimum Gasteiger partial charge on any atom is -0.331 e. The lowest BCUT2D eigenvalue weighted by Crippen LogP contribution is -2.31. The standard InChI is InChI=1S/C20H21FN2O3S/c1-4-11-23(12-5-2)20(24)16-7-6-8-17(13-16)22-27(25,26)18-10-9-15(3)19(21)14-18/h4-10,13-14,22H,1-2,11-12H2,3H3. The van der Waals surface area contributed by atoms with Crippen molar-refractivity contribution in [1.82, 2.24) is 4.90 Å². The number of benzene rings is 2. The number of nitrogens with one attached hydrogen (secondary N) is 1. The number of sulfonamides is 1. The zero-order chi connectivity index (χ0) is 20.0. The first-order valence-corrected chi connectivity index (χ1v) is 9.67. The first kappa shape index (κ1) is 20.4. The predicted molar refractivity (Wildman–Crippen MR) is 105 cm³/mol. The van der Waals surface area contributed by atoms with Crippen molar-refractivity contribution in [3.05, 3.63) is 84.7 Å². The fourth-order valence-electron chi connectivity index (χ4n) is 2.41. The summed E-state index contributed by atoms with van der Waals surface area (Å²) >= 11 is 0. The molecule has 142 valence electrons. The molecule has 1 N–H and O–H groups in total. The molecule has 0 saturated heterocycles. The van der Waals surface area contributed by atoms with Gasteiger partial charge in [0, 0.05) is 24.3 Å². The molecule has 27 heavy (non-hydrogen) atoms. The van der Waals surface area contributed by atoms with Crippen molar-refractivity contribution in [3.8, 4) is 0 Å². The number of carbonyl (C=O) groups excluding carboxylic acids is 1. The van der Waals surface area contributed by atoms with Crippen LogP contribution >= 0.6 is 0 Å². The van der Waals surface area contributed by atoms with Crippen LogP contribution in [-0.4, -0.2) is 32.3 Å². The highest BCUT2D eigenvalue weighted by atomic mass is 32.2. The van der Waals surface area contributed by atoms with Crippen LogP contribution in [0.15, 0.2) is 72.7 Å². The highest BCUT2D eigenvalue weighted by Crippen LogP contribution is 2.20. The summed E-state index contributed by atoms with van der Waals surface area (Å²) in [4.78, 5) is 13.9. The maximum absolute atomic E-state index is 13.7. The Morgan fingerprint density at radius 3 is 2.41 bits per heavy atom. The third kappa shape index (κ3) is 5.04. The maximum Gasteiger partial charge on any atom is 0.261 e. The van der Waals surface area contributed by atoms with Crippen molar-refractivity contribution in [2.45, 2.75) is 11.8 Å². The largest absolute Gasteiger partial charge is 0.331 e. The van der Waals surface area contributed by atoms with Gasteiger partial charge in [0.2, 0.25) is 0 Å². The van der Waals surface area contributed by atoms with Gasteiger partial charge < -0.3 is 4.90 Å². The molecule has 0 spiro atoms. The van der Waals surface area contributed by atoms with Gasteiger partial charge in [0.15, 0.2) is 0 Å².